The monoisotopic (exact) mass is 988 g/mol. The average molecular weight is 989 g/mol. The van der Waals surface area contributed by atoms with E-state index in [1.165, 1.54) is 24.3 Å². The van der Waals surface area contributed by atoms with Gasteiger partial charge in [0, 0.05) is 66.7 Å². The SMILES string of the molecule is CC1(C)C(/C=C/C=C/C=C/C=C2/N(CCCCS(=O)(=O)O)c3ccc4cc(S(=O)(=O)O)ccc4c3C2(C)C)=[N+](CCCCCC(=O)ON2C(=O)CCC2=O)c2ccc3cc(S(=O)(=O)O)ccc3c21. The number of fused-ring (bicyclic) bond motifs is 6. The van der Waals surface area contributed by atoms with Crippen LogP contribution in [0, 0.1) is 0 Å². The largest absolute Gasteiger partial charge is 0.344 e. The van der Waals surface area contributed by atoms with Crippen LogP contribution in [0.25, 0.3) is 21.5 Å². The number of carbonyl (C=O) groups is 3. The molecule has 4 aromatic rings. The summed E-state index contributed by atoms with van der Waals surface area (Å²) in [6, 6.07) is 16.4. The second kappa shape index (κ2) is 19.3. The van der Waals surface area contributed by atoms with E-state index in [-0.39, 0.29) is 41.2 Å². The second-order valence-electron chi connectivity index (χ2n) is 18.1. The Kier molecular flexibility index (Phi) is 14.2. The fraction of sp³-hybridized carbons (Fsp3) is 0.347. The predicted molar refractivity (Wildman–Crippen MR) is 258 cm³/mol. The number of anilines is 1. The maximum atomic E-state index is 12.4. The van der Waals surface area contributed by atoms with E-state index in [0.717, 1.165) is 44.7 Å². The maximum absolute atomic E-state index is 12.4. The van der Waals surface area contributed by atoms with E-state index in [9.17, 15) is 53.3 Å². The molecule has 0 radical (unpaired) electrons. The molecule has 3 aliphatic rings. The van der Waals surface area contributed by atoms with Gasteiger partial charge < -0.3 is 9.74 Å². The highest BCUT2D eigenvalue weighted by atomic mass is 32.2. The quantitative estimate of drug-likeness (QED) is 0.0282. The molecule has 2 amide bonds. The molecule has 0 aromatic heterocycles. The molecular formula is C49H54N3O13S3+. The van der Waals surface area contributed by atoms with Gasteiger partial charge in [-0.1, -0.05) is 62.4 Å². The lowest BCUT2D eigenvalue weighted by Crippen LogP contribution is -2.31. The van der Waals surface area contributed by atoms with Gasteiger partial charge in [0.1, 0.15) is 6.54 Å². The number of hydrogen-bond acceptors (Lipinski definition) is 11. The maximum Gasteiger partial charge on any atom is 0.333 e. The van der Waals surface area contributed by atoms with Gasteiger partial charge in [-0.05, 0) is 109 Å². The van der Waals surface area contributed by atoms with Crippen LogP contribution in [-0.4, -0.2) is 90.9 Å². The van der Waals surface area contributed by atoms with Crippen molar-refractivity contribution in [2.45, 2.75) is 99.7 Å². The van der Waals surface area contributed by atoms with E-state index >= 15 is 0 Å². The van der Waals surface area contributed by atoms with Crippen molar-refractivity contribution in [2.24, 2.45) is 0 Å². The van der Waals surface area contributed by atoms with Gasteiger partial charge in [-0.15, -0.1) is 5.06 Å². The van der Waals surface area contributed by atoms with E-state index in [4.69, 9.17) is 4.84 Å². The fourth-order valence-corrected chi connectivity index (χ4v) is 11.1. The number of hydrogen-bond donors (Lipinski definition) is 3. The van der Waals surface area contributed by atoms with Crippen LogP contribution in [0.15, 0.2) is 119 Å². The molecule has 0 aliphatic carbocycles. The van der Waals surface area contributed by atoms with Crippen LogP contribution in [0.4, 0.5) is 11.4 Å². The zero-order chi connectivity index (χ0) is 49.4. The zero-order valence-corrected chi connectivity index (χ0v) is 40.5. The molecule has 68 heavy (non-hydrogen) atoms. The fourth-order valence-electron chi connectivity index (χ4n) is 9.51. The number of nitrogens with zero attached hydrogens (tertiary/aromatic N) is 3. The molecule has 0 spiro atoms. The molecule has 0 saturated carbocycles. The lowest BCUT2D eigenvalue weighted by atomic mass is 9.79. The Labute approximate surface area is 396 Å². The molecule has 0 bridgehead atoms. The van der Waals surface area contributed by atoms with Crippen molar-refractivity contribution in [3.63, 3.8) is 0 Å². The third-order valence-corrected chi connectivity index (χ3v) is 15.2. The van der Waals surface area contributed by atoms with E-state index in [1.54, 1.807) is 18.2 Å². The normalized spacial score (nSPS) is 17.9. The van der Waals surface area contributed by atoms with Gasteiger partial charge in [0.25, 0.3) is 42.2 Å². The molecule has 3 N–H and O–H groups in total. The van der Waals surface area contributed by atoms with Crippen molar-refractivity contribution in [1.82, 2.24) is 5.06 Å². The standard InChI is InChI=1S/C49H53N3O13S3/c1-48(2)41(50(28-12-8-11-17-45(55)65-52-43(53)26-27-44(52)54)39-24-18-33-31-35(67(59,60)61)20-22-37(33)46(39)48)15-9-6-5-7-10-16-42-49(3,4)47-38-23-21-36(68(62,63)64)32-34(38)19-25-40(47)51(42)29-13-14-30-66(56,57)58/h5-7,9-10,15-16,18-25,31-32H,8,11-14,17,26-30H2,1-4H3,(H2-,56,57,58,59,60,61,62,63,64)/p+1. The topological polar surface area (TPSA) is 233 Å². The van der Waals surface area contributed by atoms with Crippen molar-refractivity contribution in [1.29, 1.82) is 0 Å². The number of unbranched alkanes of at least 4 members (excludes halogenated alkanes) is 3. The van der Waals surface area contributed by atoms with Gasteiger partial charge in [0.15, 0.2) is 5.71 Å². The number of imide groups is 1. The van der Waals surface area contributed by atoms with E-state index < -0.39 is 59.0 Å². The van der Waals surface area contributed by atoms with Crippen LogP contribution in [0.3, 0.4) is 0 Å². The summed E-state index contributed by atoms with van der Waals surface area (Å²) in [7, 11) is -13.0. The molecule has 19 heteroatoms. The molecule has 1 saturated heterocycles. The molecule has 360 valence electrons. The second-order valence-corrected chi connectivity index (χ2v) is 22.5. The Bertz CT molecular complexity index is 3220. The molecule has 0 unspecified atom stereocenters. The molecule has 4 aromatic carbocycles. The van der Waals surface area contributed by atoms with Gasteiger partial charge >= 0.3 is 5.97 Å². The van der Waals surface area contributed by atoms with Crippen LogP contribution in [-0.2, 0) is 60.4 Å². The smallest absolute Gasteiger partial charge is 0.333 e. The first kappa shape index (κ1) is 50.1. The van der Waals surface area contributed by atoms with Gasteiger partial charge in [-0.2, -0.15) is 29.8 Å². The Hall–Kier alpha value is -5.83. The van der Waals surface area contributed by atoms with Crippen molar-refractivity contribution < 1.29 is 62.7 Å². The van der Waals surface area contributed by atoms with Crippen LogP contribution < -0.4 is 4.90 Å². The highest BCUT2D eigenvalue weighted by Gasteiger charge is 2.46. The highest BCUT2D eigenvalue weighted by molar-refractivity contribution is 7.86. The molecule has 3 heterocycles. The summed E-state index contributed by atoms with van der Waals surface area (Å²) in [5, 5.41) is 3.45. The van der Waals surface area contributed by atoms with Crippen LogP contribution >= 0.6 is 0 Å². The number of hydroxylamine groups is 2. The summed E-state index contributed by atoms with van der Waals surface area (Å²) >= 11 is 0. The summed E-state index contributed by atoms with van der Waals surface area (Å²) in [6.45, 7) is 9.28. The molecule has 1 fully saturated rings. The number of rotatable bonds is 18. The third kappa shape index (κ3) is 10.6. The summed E-state index contributed by atoms with van der Waals surface area (Å²) in [6.07, 6.45) is 16.0. The van der Waals surface area contributed by atoms with Gasteiger partial charge in [-0.25, -0.2) is 4.79 Å². The molecule has 7 rings (SSSR count). The molecule has 0 atom stereocenters. The minimum Gasteiger partial charge on any atom is -0.344 e. The first-order valence-electron chi connectivity index (χ1n) is 22.2. The van der Waals surface area contributed by atoms with Crippen molar-refractivity contribution in [3.05, 3.63) is 120 Å². The predicted octanol–water partition coefficient (Wildman–Crippen LogP) is 8.05. The average Bonchev–Trinajstić information content (AvgIpc) is 3.77. The van der Waals surface area contributed by atoms with E-state index in [0.29, 0.717) is 54.6 Å². The van der Waals surface area contributed by atoms with Gasteiger partial charge in [0.2, 0.25) is 5.69 Å². The summed E-state index contributed by atoms with van der Waals surface area (Å²) < 4.78 is 102. The Balaban J connectivity index is 1.13. The van der Waals surface area contributed by atoms with Crippen LogP contribution in [0.2, 0.25) is 0 Å². The number of carbonyl (C=O) groups excluding carboxylic acids is 3. The van der Waals surface area contributed by atoms with E-state index in [1.807, 2.05) is 60.7 Å². The molecular weight excluding hydrogens is 935 g/mol. The molecule has 3 aliphatic heterocycles. The van der Waals surface area contributed by atoms with Crippen molar-refractivity contribution in [3.8, 4) is 0 Å². The van der Waals surface area contributed by atoms with Crippen molar-refractivity contribution in [2.75, 3.05) is 23.7 Å². The first-order valence-corrected chi connectivity index (χ1v) is 26.6. The third-order valence-electron chi connectivity index (χ3n) is 12.7. The van der Waals surface area contributed by atoms with Crippen molar-refractivity contribution >= 4 is 86.8 Å². The first-order chi connectivity index (χ1) is 31.9. The van der Waals surface area contributed by atoms with Gasteiger partial charge in [-0.3, -0.25) is 23.2 Å². The number of benzene rings is 4. The lowest BCUT2D eigenvalue weighted by Gasteiger charge is -2.27. The minimum absolute atomic E-state index is 0.0164. The Morgan fingerprint density at radius 1 is 0.691 bits per heavy atom. The van der Waals surface area contributed by atoms with Crippen LogP contribution in [0.5, 0.6) is 0 Å². The zero-order valence-electron chi connectivity index (χ0n) is 38.1. The lowest BCUT2D eigenvalue weighted by molar-refractivity contribution is -0.438. The highest BCUT2D eigenvalue weighted by Crippen LogP contribution is 2.51. The molecule has 16 nitrogen and oxygen atoms in total. The van der Waals surface area contributed by atoms with E-state index in [2.05, 4.69) is 37.2 Å². The van der Waals surface area contributed by atoms with Crippen LogP contribution in [0.1, 0.15) is 90.2 Å². The number of allylic oxidation sites excluding steroid dienone is 8. The summed E-state index contributed by atoms with van der Waals surface area (Å²) in [4.78, 5) is 42.9. The van der Waals surface area contributed by atoms with Gasteiger partial charge in [0.05, 0.1) is 21.0 Å². The minimum atomic E-state index is -4.43. The summed E-state index contributed by atoms with van der Waals surface area (Å²) in [5.41, 5.74) is 4.43. The Morgan fingerprint density at radius 2 is 1.28 bits per heavy atom. The summed E-state index contributed by atoms with van der Waals surface area (Å²) in [5.74, 6) is -2.09. The Morgan fingerprint density at radius 3 is 1.90 bits per heavy atom. The number of amides is 2.